The lowest BCUT2D eigenvalue weighted by Gasteiger charge is -2.36. The number of hydrogen-bond donors (Lipinski definition) is 1. The molecule has 142 valence electrons. The summed E-state index contributed by atoms with van der Waals surface area (Å²) in [4.78, 5) is 12.9. The van der Waals surface area contributed by atoms with Gasteiger partial charge in [-0.15, -0.1) is 0 Å². The highest BCUT2D eigenvalue weighted by atomic mass is 16.9. The molecule has 1 amide bonds. The number of anilines is 1. The SMILES string of the molecule is Cc1ccc(NC(=O)C2OC3OC(C)(C)OC3C3OC(C)(C)OC23)cc1. The van der Waals surface area contributed by atoms with Crippen LogP contribution in [0.15, 0.2) is 24.3 Å². The highest BCUT2D eigenvalue weighted by Gasteiger charge is 2.62. The van der Waals surface area contributed by atoms with E-state index in [1.807, 2.05) is 58.9 Å². The first-order valence-corrected chi connectivity index (χ1v) is 8.88. The molecule has 4 rings (SSSR count). The fourth-order valence-corrected chi connectivity index (χ4v) is 3.67. The van der Waals surface area contributed by atoms with Gasteiger partial charge in [-0.1, -0.05) is 17.7 Å². The van der Waals surface area contributed by atoms with Gasteiger partial charge in [0.25, 0.3) is 5.91 Å². The summed E-state index contributed by atoms with van der Waals surface area (Å²) in [7, 11) is 0. The van der Waals surface area contributed by atoms with Crippen molar-refractivity contribution in [1.29, 1.82) is 0 Å². The predicted octanol–water partition coefficient (Wildman–Crippen LogP) is 2.33. The minimum Gasteiger partial charge on any atom is -0.342 e. The highest BCUT2D eigenvalue weighted by molar-refractivity contribution is 5.94. The molecule has 3 heterocycles. The molecular weight excluding hydrogens is 338 g/mol. The lowest BCUT2D eigenvalue weighted by atomic mass is 9.98. The zero-order chi connectivity index (χ0) is 18.7. The number of aryl methyl sites for hydroxylation is 1. The van der Waals surface area contributed by atoms with Crippen LogP contribution in [-0.2, 0) is 28.5 Å². The third-order valence-corrected chi connectivity index (χ3v) is 4.73. The third kappa shape index (κ3) is 3.25. The zero-order valence-corrected chi connectivity index (χ0v) is 15.6. The maximum Gasteiger partial charge on any atom is 0.256 e. The molecule has 5 unspecified atom stereocenters. The van der Waals surface area contributed by atoms with Crippen molar-refractivity contribution in [2.45, 2.75) is 76.9 Å². The van der Waals surface area contributed by atoms with Crippen molar-refractivity contribution in [1.82, 2.24) is 0 Å². The van der Waals surface area contributed by atoms with E-state index in [0.717, 1.165) is 5.56 Å². The number of rotatable bonds is 2. The Labute approximate surface area is 152 Å². The fraction of sp³-hybridized carbons (Fsp3) is 0.632. The molecule has 0 aromatic heterocycles. The highest BCUT2D eigenvalue weighted by Crippen LogP contribution is 2.44. The average Bonchev–Trinajstić information content (AvgIpc) is 3.02. The number of carbonyl (C=O) groups excluding carboxylic acids is 1. The van der Waals surface area contributed by atoms with Crippen molar-refractivity contribution in [2.24, 2.45) is 0 Å². The van der Waals surface area contributed by atoms with Crippen LogP contribution in [0.5, 0.6) is 0 Å². The molecule has 5 atom stereocenters. The van der Waals surface area contributed by atoms with Crippen LogP contribution in [0.4, 0.5) is 5.69 Å². The van der Waals surface area contributed by atoms with Gasteiger partial charge in [0.1, 0.15) is 18.3 Å². The monoisotopic (exact) mass is 363 g/mol. The van der Waals surface area contributed by atoms with E-state index in [4.69, 9.17) is 23.7 Å². The molecule has 0 aliphatic carbocycles. The van der Waals surface area contributed by atoms with E-state index in [9.17, 15) is 4.79 Å². The summed E-state index contributed by atoms with van der Waals surface area (Å²) in [5.74, 6) is -1.93. The molecule has 0 saturated carbocycles. The van der Waals surface area contributed by atoms with Crippen molar-refractivity contribution >= 4 is 11.6 Å². The second-order valence-corrected chi connectivity index (χ2v) is 7.95. The van der Waals surface area contributed by atoms with Crippen molar-refractivity contribution in [3.63, 3.8) is 0 Å². The van der Waals surface area contributed by atoms with E-state index >= 15 is 0 Å². The summed E-state index contributed by atoms with van der Waals surface area (Å²) < 4.78 is 29.7. The van der Waals surface area contributed by atoms with Crippen LogP contribution in [0, 0.1) is 6.92 Å². The molecule has 0 spiro atoms. The molecular formula is C19H25NO6. The van der Waals surface area contributed by atoms with Gasteiger partial charge < -0.3 is 29.0 Å². The maximum absolute atomic E-state index is 12.9. The van der Waals surface area contributed by atoms with Crippen LogP contribution in [0.25, 0.3) is 0 Å². The lowest BCUT2D eigenvalue weighted by molar-refractivity contribution is -0.229. The van der Waals surface area contributed by atoms with Gasteiger partial charge in [0.05, 0.1) is 0 Å². The van der Waals surface area contributed by atoms with Gasteiger partial charge in [0, 0.05) is 5.69 Å². The standard InChI is InChI=1S/C19H25NO6/c1-10-6-8-11(9-7-10)20-16(21)14-12-13(24-18(2,3)23-12)15-17(22-14)26-19(4,5)25-15/h6-9,12-15,17H,1-5H3,(H,20,21). The van der Waals surface area contributed by atoms with E-state index < -0.39 is 42.3 Å². The number of amides is 1. The third-order valence-electron chi connectivity index (χ3n) is 4.73. The Kier molecular flexibility index (Phi) is 4.13. The first-order valence-electron chi connectivity index (χ1n) is 8.88. The van der Waals surface area contributed by atoms with Gasteiger partial charge in [-0.05, 0) is 46.8 Å². The number of nitrogens with one attached hydrogen (secondary N) is 1. The second-order valence-electron chi connectivity index (χ2n) is 7.95. The molecule has 0 bridgehead atoms. The number of carbonyl (C=O) groups is 1. The van der Waals surface area contributed by atoms with Crippen LogP contribution >= 0.6 is 0 Å². The Morgan fingerprint density at radius 2 is 1.46 bits per heavy atom. The lowest BCUT2D eigenvalue weighted by Crippen LogP contribution is -2.58. The topological polar surface area (TPSA) is 75.3 Å². The molecule has 7 heteroatoms. The quantitative estimate of drug-likeness (QED) is 0.869. The van der Waals surface area contributed by atoms with Gasteiger partial charge in [-0.3, -0.25) is 4.79 Å². The van der Waals surface area contributed by atoms with Gasteiger partial charge >= 0.3 is 0 Å². The van der Waals surface area contributed by atoms with E-state index in [1.165, 1.54) is 0 Å². The Balaban J connectivity index is 1.57. The van der Waals surface area contributed by atoms with Crippen molar-refractivity contribution in [3.05, 3.63) is 29.8 Å². The van der Waals surface area contributed by atoms with E-state index in [0.29, 0.717) is 5.69 Å². The van der Waals surface area contributed by atoms with Crippen molar-refractivity contribution in [3.8, 4) is 0 Å². The minimum absolute atomic E-state index is 0.295. The number of benzene rings is 1. The van der Waals surface area contributed by atoms with E-state index in [1.54, 1.807) is 0 Å². The summed E-state index contributed by atoms with van der Waals surface area (Å²) in [6.07, 6.45) is -3.01. The molecule has 3 fully saturated rings. The summed E-state index contributed by atoms with van der Waals surface area (Å²) in [5, 5.41) is 2.88. The van der Waals surface area contributed by atoms with Crippen LogP contribution in [0.1, 0.15) is 33.3 Å². The van der Waals surface area contributed by atoms with E-state index in [2.05, 4.69) is 5.32 Å². The minimum atomic E-state index is -0.859. The van der Waals surface area contributed by atoms with Gasteiger partial charge in [-0.2, -0.15) is 0 Å². The van der Waals surface area contributed by atoms with Gasteiger partial charge in [0.15, 0.2) is 24.0 Å². The van der Waals surface area contributed by atoms with Crippen LogP contribution in [0.2, 0.25) is 0 Å². The van der Waals surface area contributed by atoms with Crippen LogP contribution in [-0.4, -0.2) is 48.2 Å². The first kappa shape index (κ1) is 17.9. The number of hydrogen-bond acceptors (Lipinski definition) is 6. The Bertz CT molecular complexity index is 700. The molecule has 26 heavy (non-hydrogen) atoms. The molecule has 1 aromatic carbocycles. The average molecular weight is 363 g/mol. The summed E-state index contributed by atoms with van der Waals surface area (Å²) in [5.41, 5.74) is 1.82. The normalized spacial score (nSPS) is 37.0. The predicted molar refractivity (Wildman–Crippen MR) is 92.3 cm³/mol. The largest absolute Gasteiger partial charge is 0.342 e. The Hall–Kier alpha value is -1.51. The fourth-order valence-electron chi connectivity index (χ4n) is 3.67. The second kappa shape index (κ2) is 6.00. The summed E-state index contributed by atoms with van der Waals surface area (Å²) in [6.45, 7) is 9.25. The Morgan fingerprint density at radius 1 is 0.885 bits per heavy atom. The van der Waals surface area contributed by atoms with Crippen LogP contribution in [0.3, 0.4) is 0 Å². The van der Waals surface area contributed by atoms with Crippen molar-refractivity contribution in [2.75, 3.05) is 5.32 Å². The molecule has 3 saturated heterocycles. The molecule has 7 nitrogen and oxygen atoms in total. The molecule has 3 aliphatic heterocycles. The van der Waals surface area contributed by atoms with Gasteiger partial charge in [0.2, 0.25) is 0 Å². The van der Waals surface area contributed by atoms with Crippen LogP contribution < -0.4 is 5.32 Å². The summed E-state index contributed by atoms with van der Waals surface area (Å²) in [6, 6.07) is 7.57. The zero-order valence-electron chi connectivity index (χ0n) is 15.6. The molecule has 1 aromatic rings. The molecule has 1 N–H and O–H groups in total. The molecule has 0 radical (unpaired) electrons. The number of fused-ring (bicyclic) bond motifs is 3. The molecule has 3 aliphatic rings. The van der Waals surface area contributed by atoms with E-state index in [-0.39, 0.29) is 5.91 Å². The maximum atomic E-state index is 12.9. The first-order chi connectivity index (χ1) is 12.1. The van der Waals surface area contributed by atoms with Gasteiger partial charge in [-0.25, -0.2) is 0 Å². The smallest absolute Gasteiger partial charge is 0.256 e. The number of ether oxygens (including phenoxy) is 5. The summed E-state index contributed by atoms with van der Waals surface area (Å²) >= 11 is 0. The van der Waals surface area contributed by atoms with Crippen molar-refractivity contribution < 1.29 is 28.5 Å². The Morgan fingerprint density at radius 3 is 2.15 bits per heavy atom.